The van der Waals surface area contributed by atoms with Crippen LogP contribution in [0.5, 0.6) is 0 Å². The number of nitrogens with one attached hydrogen (secondary N) is 1. The second-order valence-corrected chi connectivity index (χ2v) is 8.15. The van der Waals surface area contributed by atoms with Gasteiger partial charge >= 0.3 is 6.03 Å². The molecule has 0 bridgehead atoms. The summed E-state index contributed by atoms with van der Waals surface area (Å²) in [5.41, 5.74) is 1.67. The second-order valence-electron chi connectivity index (χ2n) is 8.15. The van der Waals surface area contributed by atoms with Crippen molar-refractivity contribution in [1.82, 2.24) is 15.1 Å². The molecule has 2 aromatic rings. The molecule has 1 saturated heterocycles. The van der Waals surface area contributed by atoms with Crippen molar-refractivity contribution in [1.29, 1.82) is 0 Å². The maximum Gasteiger partial charge on any atom is 0.325 e. The summed E-state index contributed by atoms with van der Waals surface area (Å²) in [6.45, 7) is 2.08. The van der Waals surface area contributed by atoms with Crippen LogP contribution >= 0.6 is 0 Å². The minimum absolute atomic E-state index is 0.282. The van der Waals surface area contributed by atoms with Gasteiger partial charge in [0.25, 0.3) is 5.91 Å². The van der Waals surface area contributed by atoms with Crippen molar-refractivity contribution in [2.24, 2.45) is 0 Å². The predicted molar refractivity (Wildman–Crippen MR) is 121 cm³/mol. The molecule has 1 atom stereocenters. The van der Waals surface area contributed by atoms with Crippen LogP contribution in [0.4, 0.5) is 10.5 Å². The Labute approximate surface area is 183 Å². The van der Waals surface area contributed by atoms with Gasteiger partial charge in [-0.2, -0.15) is 0 Å². The van der Waals surface area contributed by atoms with Crippen LogP contribution in [-0.4, -0.2) is 55.3 Å². The minimum Gasteiger partial charge on any atom is -0.378 e. The fraction of sp³-hybridized carbons (Fsp3) is 0.375. The van der Waals surface area contributed by atoms with Gasteiger partial charge in [0.15, 0.2) is 0 Å². The minimum atomic E-state index is -1.12. The number of anilines is 1. The van der Waals surface area contributed by atoms with E-state index in [1.165, 1.54) is 4.90 Å². The number of amides is 4. The number of hydrogen-bond donors (Lipinski definition) is 1. The lowest BCUT2D eigenvalue weighted by molar-refractivity contribution is -0.139. The molecule has 0 unspecified atom stereocenters. The Balaban J connectivity index is 1.72. The Bertz CT molecular complexity index is 943. The van der Waals surface area contributed by atoms with Gasteiger partial charge in [-0.15, -0.1) is 0 Å². The number of likely N-dealkylation sites (N-methyl/N-ethyl adjacent to an activating group) is 1. The Morgan fingerprint density at radius 2 is 1.65 bits per heavy atom. The van der Waals surface area contributed by atoms with Crippen LogP contribution in [0.25, 0.3) is 0 Å². The van der Waals surface area contributed by atoms with Gasteiger partial charge in [0.2, 0.25) is 5.91 Å². The van der Waals surface area contributed by atoms with E-state index in [-0.39, 0.29) is 18.4 Å². The number of urea groups is 1. The van der Waals surface area contributed by atoms with Gasteiger partial charge in [0, 0.05) is 33.4 Å². The third-order valence-corrected chi connectivity index (χ3v) is 5.66. The fourth-order valence-electron chi connectivity index (χ4n) is 3.89. The number of benzene rings is 2. The molecule has 0 radical (unpaired) electrons. The van der Waals surface area contributed by atoms with Crippen molar-refractivity contribution >= 4 is 23.5 Å². The van der Waals surface area contributed by atoms with E-state index in [1.807, 2.05) is 80.5 Å². The molecule has 31 heavy (non-hydrogen) atoms. The van der Waals surface area contributed by atoms with Crippen LogP contribution in [0.1, 0.15) is 30.9 Å². The monoisotopic (exact) mass is 422 g/mol. The van der Waals surface area contributed by atoms with Crippen LogP contribution in [-0.2, 0) is 21.7 Å². The fourth-order valence-corrected chi connectivity index (χ4v) is 3.89. The second kappa shape index (κ2) is 9.20. The summed E-state index contributed by atoms with van der Waals surface area (Å²) in [7, 11) is 5.62. The average Bonchev–Trinajstić information content (AvgIpc) is 3.00. The Morgan fingerprint density at radius 1 is 1.00 bits per heavy atom. The highest BCUT2D eigenvalue weighted by molar-refractivity contribution is 6.09. The van der Waals surface area contributed by atoms with Gasteiger partial charge in [-0.05, 0) is 29.7 Å². The quantitative estimate of drug-likeness (QED) is 0.664. The first-order chi connectivity index (χ1) is 14.8. The Hall–Kier alpha value is -3.35. The standard InChI is InChI=1S/C24H30N4O3/c1-5-15-24(19-9-7-6-8-10-19)22(30)28(23(31)25-24)17-21(29)27(4)16-18-11-13-20(14-12-18)26(2)3/h6-14H,5,15-17H2,1-4H3,(H,25,31)/t24-/m0/s1. The molecule has 1 heterocycles. The number of imide groups is 1. The van der Waals surface area contributed by atoms with Gasteiger partial charge in [-0.3, -0.25) is 14.5 Å². The molecule has 0 aromatic heterocycles. The maximum atomic E-state index is 13.3. The van der Waals surface area contributed by atoms with E-state index in [2.05, 4.69) is 5.32 Å². The lowest BCUT2D eigenvalue weighted by atomic mass is 9.85. The third kappa shape index (κ3) is 4.55. The zero-order valence-electron chi connectivity index (χ0n) is 18.6. The van der Waals surface area contributed by atoms with Gasteiger partial charge in [0.05, 0.1) is 0 Å². The van der Waals surface area contributed by atoms with Crippen molar-refractivity contribution in [3.05, 3.63) is 65.7 Å². The molecule has 7 heteroatoms. The van der Waals surface area contributed by atoms with E-state index in [9.17, 15) is 14.4 Å². The summed E-state index contributed by atoms with van der Waals surface area (Å²) in [6, 6.07) is 16.6. The predicted octanol–water partition coefficient (Wildman–Crippen LogP) is 2.96. The highest BCUT2D eigenvalue weighted by Crippen LogP contribution is 2.33. The SMILES string of the molecule is CCC[C@@]1(c2ccccc2)NC(=O)N(CC(=O)N(C)Cc2ccc(N(C)C)cc2)C1=O. The van der Waals surface area contributed by atoms with Crippen LogP contribution in [0.2, 0.25) is 0 Å². The zero-order valence-corrected chi connectivity index (χ0v) is 18.6. The van der Waals surface area contributed by atoms with E-state index in [1.54, 1.807) is 7.05 Å². The summed E-state index contributed by atoms with van der Waals surface area (Å²) in [4.78, 5) is 43.4. The number of rotatable bonds is 8. The smallest absolute Gasteiger partial charge is 0.325 e. The molecule has 1 N–H and O–H groups in total. The summed E-state index contributed by atoms with van der Waals surface area (Å²) >= 11 is 0. The molecule has 0 saturated carbocycles. The molecule has 1 fully saturated rings. The molecule has 1 aliphatic heterocycles. The summed E-state index contributed by atoms with van der Waals surface area (Å²) < 4.78 is 0. The molecule has 4 amide bonds. The van der Waals surface area contributed by atoms with Crippen molar-refractivity contribution in [2.75, 3.05) is 32.6 Å². The van der Waals surface area contributed by atoms with Gasteiger partial charge in [-0.1, -0.05) is 55.8 Å². The summed E-state index contributed by atoms with van der Waals surface area (Å²) in [5.74, 6) is -0.664. The summed E-state index contributed by atoms with van der Waals surface area (Å²) in [5, 5.41) is 2.86. The van der Waals surface area contributed by atoms with E-state index >= 15 is 0 Å². The van der Waals surface area contributed by atoms with Crippen LogP contribution in [0, 0.1) is 0 Å². The molecule has 164 valence electrons. The number of carbonyl (C=O) groups excluding carboxylic acids is 3. The first-order valence-electron chi connectivity index (χ1n) is 10.5. The first-order valence-corrected chi connectivity index (χ1v) is 10.5. The zero-order chi connectivity index (χ0) is 22.6. The highest BCUT2D eigenvalue weighted by Gasteiger charge is 2.52. The van der Waals surface area contributed by atoms with Crippen molar-refractivity contribution < 1.29 is 14.4 Å². The van der Waals surface area contributed by atoms with E-state index in [4.69, 9.17) is 0 Å². The molecule has 0 spiro atoms. The molecule has 1 aliphatic rings. The largest absolute Gasteiger partial charge is 0.378 e. The normalized spacial score (nSPS) is 18.1. The van der Waals surface area contributed by atoms with Gasteiger partial charge in [0.1, 0.15) is 12.1 Å². The van der Waals surface area contributed by atoms with Gasteiger partial charge < -0.3 is 15.1 Å². The van der Waals surface area contributed by atoms with E-state index in [0.29, 0.717) is 19.4 Å². The van der Waals surface area contributed by atoms with Crippen molar-refractivity contribution in [3.8, 4) is 0 Å². The van der Waals surface area contributed by atoms with Crippen LogP contribution in [0.15, 0.2) is 54.6 Å². The lowest BCUT2D eigenvalue weighted by Crippen LogP contribution is -2.45. The topological polar surface area (TPSA) is 73.0 Å². The lowest BCUT2D eigenvalue weighted by Gasteiger charge is -2.27. The van der Waals surface area contributed by atoms with Crippen LogP contribution in [0.3, 0.4) is 0 Å². The Morgan fingerprint density at radius 3 is 2.23 bits per heavy atom. The van der Waals surface area contributed by atoms with Crippen LogP contribution < -0.4 is 10.2 Å². The third-order valence-electron chi connectivity index (χ3n) is 5.66. The van der Waals surface area contributed by atoms with Crippen molar-refractivity contribution in [2.45, 2.75) is 31.8 Å². The number of carbonyl (C=O) groups is 3. The molecule has 0 aliphatic carbocycles. The average molecular weight is 423 g/mol. The molecular weight excluding hydrogens is 392 g/mol. The number of hydrogen-bond acceptors (Lipinski definition) is 4. The highest BCUT2D eigenvalue weighted by atomic mass is 16.2. The molecule has 3 rings (SSSR count). The molecule has 7 nitrogen and oxygen atoms in total. The van der Waals surface area contributed by atoms with Gasteiger partial charge in [-0.25, -0.2) is 4.79 Å². The maximum absolute atomic E-state index is 13.3. The van der Waals surface area contributed by atoms with E-state index in [0.717, 1.165) is 21.7 Å². The molecular formula is C24H30N4O3. The number of nitrogens with zero attached hydrogens (tertiary/aromatic N) is 3. The first kappa shape index (κ1) is 22.3. The Kier molecular flexibility index (Phi) is 6.63. The van der Waals surface area contributed by atoms with Crippen molar-refractivity contribution in [3.63, 3.8) is 0 Å². The summed E-state index contributed by atoms with van der Waals surface area (Å²) in [6.07, 6.45) is 1.19. The van der Waals surface area contributed by atoms with E-state index < -0.39 is 11.6 Å². The molecule has 2 aromatic carbocycles.